The van der Waals surface area contributed by atoms with Crippen LogP contribution in [0, 0.1) is 23.4 Å². The number of aryl methyl sites for hydroxylation is 1. The van der Waals surface area contributed by atoms with E-state index >= 15 is 4.39 Å². The molecule has 0 saturated carbocycles. The van der Waals surface area contributed by atoms with Gasteiger partial charge in [-0.25, -0.2) is 13.2 Å². The first kappa shape index (κ1) is 29.4. The molecule has 0 amide bonds. The highest BCUT2D eigenvalue weighted by molar-refractivity contribution is 5.71. The van der Waals surface area contributed by atoms with Crippen LogP contribution in [0.1, 0.15) is 89.1 Å². The molecule has 0 radical (unpaired) electrons. The fourth-order valence-corrected chi connectivity index (χ4v) is 5.24. The molecule has 3 aromatic carbocycles. The lowest BCUT2D eigenvalue weighted by atomic mass is 9.97. The summed E-state index contributed by atoms with van der Waals surface area (Å²) in [6.07, 6.45) is 9.99. The molecule has 1 aliphatic heterocycles. The molecule has 3 aromatic rings. The van der Waals surface area contributed by atoms with E-state index in [0.717, 1.165) is 31.2 Å². The Bertz CT molecular complexity index is 1180. The minimum Gasteiger partial charge on any atom is -0.348 e. The average Bonchev–Trinajstić information content (AvgIpc) is 2.96. The summed E-state index contributed by atoms with van der Waals surface area (Å²) >= 11 is 0. The largest absolute Gasteiger partial charge is 0.348 e. The topological polar surface area (TPSA) is 18.5 Å². The lowest BCUT2D eigenvalue weighted by Crippen LogP contribution is -2.27. The molecule has 210 valence electrons. The van der Waals surface area contributed by atoms with Crippen LogP contribution in [-0.4, -0.2) is 13.2 Å². The third-order valence-electron chi connectivity index (χ3n) is 7.68. The average molecular weight is 539 g/mol. The van der Waals surface area contributed by atoms with Gasteiger partial charge in [-0.15, -0.1) is 0 Å². The summed E-state index contributed by atoms with van der Waals surface area (Å²) in [6.45, 7) is 5.46. The van der Waals surface area contributed by atoms with Crippen LogP contribution in [0.4, 0.5) is 13.2 Å². The fraction of sp³-hybridized carbons (Fsp3) is 0.471. The Kier molecular flexibility index (Phi) is 11.0. The van der Waals surface area contributed by atoms with Gasteiger partial charge in [-0.3, -0.25) is 0 Å². The highest BCUT2D eigenvalue weighted by atomic mass is 19.2. The Morgan fingerprint density at radius 3 is 2.00 bits per heavy atom. The van der Waals surface area contributed by atoms with Gasteiger partial charge in [-0.1, -0.05) is 107 Å². The van der Waals surface area contributed by atoms with Gasteiger partial charge in [0.1, 0.15) is 5.82 Å². The highest BCUT2D eigenvalue weighted by Crippen LogP contribution is 2.33. The molecule has 1 fully saturated rings. The molecule has 0 N–H and O–H groups in total. The number of halogens is 3. The standard InChI is InChI=1S/C34H41F3O2/c1-3-5-7-8-10-11-24-22-38-34(39-23-24)30-20-18-28(21-31(30)35)25-13-15-26(16-14-25)29-19-17-27(12-9-6-4-2)32(36)33(29)37/h13-21,24,34H,3-12,22-23H2,1-2H3. The van der Waals surface area contributed by atoms with Gasteiger partial charge in [0.2, 0.25) is 0 Å². The van der Waals surface area contributed by atoms with E-state index in [2.05, 4.69) is 13.8 Å². The van der Waals surface area contributed by atoms with Gasteiger partial charge in [0.15, 0.2) is 17.9 Å². The monoisotopic (exact) mass is 538 g/mol. The van der Waals surface area contributed by atoms with Crippen molar-refractivity contribution < 1.29 is 22.6 Å². The number of unbranched alkanes of at least 4 members (excludes halogenated alkanes) is 6. The van der Waals surface area contributed by atoms with E-state index in [1.54, 1.807) is 42.5 Å². The number of rotatable bonds is 13. The second-order valence-electron chi connectivity index (χ2n) is 10.7. The van der Waals surface area contributed by atoms with Crippen molar-refractivity contribution in [1.29, 1.82) is 0 Å². The maximum absolute atomic E-state index is 15.1. The van der Waals surface area contributed by atoms with Crippen LogP contribution in [0.2, 0.25) is 0 Å². The van der Waals surface area contributed by atoms with Crippen LogP contribution in [0.3, 0.4) is 0 Å². The molecule has 1 aliphatic rings. The normalized spacial score (nSPS) is 17.5. The second kappa shape index (κ2) is 14.7. The SMILES string of the molecule is CCCCCCCC1COC(c2ccc(-c3ccc(-c4ccc(CCCCC)c(F)c4F)cc3)cc2F)OC1. The van der Waals surface area contributed by atoms with E-state index in [-0.39, 0.29) is 11.4 Å². The third-order valence-corrected chi connectivity index (χ3v) is 7.68. The molecular weight excluding hydrogens is 497 g/mol. The minimum atomic E-state index is -0.821. The first-order chi connectivity index (χ1) is 19.0. The van der Waals surface area contributed by atoms with Gasteiger partial charge in [0.25, 0.3) is 0 Å². The molecule has 1 saturated heterocycles. The van der Waals surface area contributed by atoms with E-state index in [0.29, 0.717) is 47.8 Å². The van der Waals surface area contributed by atoms with Crippen molar-refractivity contribution >= 4 is 0 Å². The third kappa shape index (κ3) is 7.73. The van der Waals surface area contributed by atoms with Gasteiger partial charge >= 0.3 is 0 Å². The van der Waals surface area contributed by atoms with Crippen molar-refractivity contribution in [2.75, 3.05) is 13.2 Å². The zero-order chi connectivity index (χ0) is 27.6. The van der Waals surface area contributed by atoms with E-state index < -0.39 is 17.9 Å². The van der Waals surface area contributed by atoms with Gasteiger partial charge in [0, 0.05) is 17.0 Å². The van der Waals surface area contributed by atoms with E-state index in [1.807, 2.05) is 6.07 Å². The summed E-state index contributed by atoms with van der Waals surface area (Å²) in [5.41, 5.74) is 3.10. The second-order valence-corrected chi connectivity index (χ2v) is 10.7. The van der Waals surface area contributed by atoms with Gasteiger partial charge in [-0.05, 0) is 47.6 Å². The Hall–Kier alpha value is -2.63. The maximum atomic E-state index is 15.1. The maximum Gasteiger partial charge on any atom is 0.186 e. The van der Waals surface area contributed by atoms with Crippen LogP contribution in [-0.2, 0) is 15.9 Å². The van der Waals surface area contributed by atoms with Crippen LogP contribution in [0.15, 0.2) is 54.6 Å². The Morgan fingerprint density at radius 1 is 0.667 bits per heavy atom. The van der Waals surface area contributed by atoms with Crippen LogP contribution in [0.25, 0.3) is 22.3 Å². The van der Waals surface area contributed by atoms with Crippen molar-refractivity contribution in [2.24, 2.45) is 5.92 Å². The number of hydrogen-bond donors (Lipinski definition) is 0. The summed E-state index contributed by atoms with van der Waals surface area (Å²) in [5.74, 6) is -1.61. The van der Waals surface area contributed by atoms with E-state index in [4.69, 9.17) is 9.47 Å². The fourth-order valence-electron chi connectivity index (χ4n) is 5.24. The number of benzene rings is 3. The summed E-state index contributed by atoms with van der Waals surface area (Å²) in [5, 5.41) is 0. The molecular formula is C34H41F3O2. The van der Waals surface area contributed by atoms with Crippen LogP contribution in [0.5, 0.6) is 0 Å². The van der Waals surface area contributed by atoms with E-state index in [1.165, 1.54) is 38.2 Å². The zero-order valence-corrected chi connectivity index (χ0v) is 23.3. The quantitative estimate of drug-likeness (QED) is 0.202. The van der Waals surface area contributed by atoms with E-state index in [9.17, 15) is 8.78 Å². The summed E-state index contributed by atoms with van der Waals surface area (Å²) in [4.78, 5) is 0. The predicted octanol–water partition coefficient (Wildman–Crippen LogP) is 10.2. The molecule has 5 heteroatoms. The van der Waals surface area contributed by atoms with Crippen molar-refractivity contribution in [3.63, 3.8) is 0 Å². The van der Waals surface area contributed by atoms with Crippen molar-refractivity contribution in [2.45, 2.75) is 84.3 Å². The van der Waals surface area contributed by atoms with Crippen LogP contribution < -0.4 is 0 Å². The minimum absolute atomic E-state index is 0.227. The Labute approximate surface area is 231 Å². The zero-order valence-electron chi connectivity index (χ0n) is 23.3. The molecule has 2 nitrogen and oxygen atoms in total. The molecule has 0 aliphatic carbocycles. The summed E-state index contributed by atoms with van der Waals surface area (Å²) in [7, 11) is 0. The molecule has 39 heavy (non-hydrogen) atoms. The first-order valence-electron chi connectivity index (χ1n) is 14.6. The van der Waals surface area contributed by atoms with Crippen LogP contribution >= 0.6 is 0 Å². The number of hydrogen-bond acceptors (Lipinski definition) is 2. The number of ether oxygens (including phenoxy) is 2. The molecule has 1 heterocycles. The lowest BCUT2D eigenvalue weighted by molar-refractivity contribution is -0.207. The summed E-state index contributed by atoms with van der Waals surface area (Å²) < 4.78 is 56.3. The van der Waals surface area contributed by atoms with Gasteiger partial charge in [-0.2, -0.15) is 0 Å². The van der Waals surface area contributed by atoms with Gasteiger partial charge in [0.05, 0.1) is 13.2 Å². The molecule has 0 bridgehead atoms. The Morgan fingerprint density at radius 2 is 1.31 bits per heavy atom. The van der Waals surface area contributed by atoms with Crippen molar-refractivity contribution in [1.82, 2.24) is 0 Å². The predicted molar refractivity (Wildman–Crippen MR) is 152 cm³/mol. The molecule has 4 rings (SSSR count). The molecule has 0 unspecified atom stereocenters. The molecule has 0 atom stereocenters. The first-order valence-corrected chi connectivity index (χ1v) is 14.6. The Balaban J connectivity index is 1.37. The highest BCUT2D eigenvalue weighted by Gasteiger charge is 2.25. The van der Waals surface area contributed by atoms with Gasteiger partial charge < -0.3 is 9.47 Å². The molecule has 0 aromatic heterocycles. The summed E-state index contributed by atoms with van der Waals surface area (Å²) in [6, 6.07) is 15.4. The lowest BCUT2D eigenvalue weighted by Gasteiger charge is -2.30. The smallest absolute Gasteiger partial charge is 0.186 e. The molecule has 0 spiro atoms. The van der Waals surface area contributed by atoms with Crippen molar-refractivity contribution in [3.05, 3.63) is 83.2 Å². The van der Waals surface area contributed by atoms with Crippen molar-refractivity contribution in [3.8, 4) is 22.3 Å².